The fourth-order valence-electron chi connectivity index (χ4n) is 19.5. The second kappa shape index (κ2) is 32.4. The zero-order valence-corrected chi connectivity index (χ0v) is 72.4. The average molecular weight is 1660 g/mol. The first-order valence-corrected chi connectivity index (χ1v) is 44.1. The maximum Gasteiger partial charge on any atom is 0.164 e. The highest BCUT2D eigenvalue weighted by Crippen LogP contribution is 2.55. The molecule has 0 amide bonds. The minimum atomic E-state index is -0.0527. The lowest BCUT2D eigenvalue weighted by atomic mass is 9.82. The molecule has 3 aromatic heterocycles. The van der Waals surface area contributed by atoms with Gasteiger partial charge in [0, 0.05) is 66.3 Å². The quantitative estimate of drug-likeness (QED) is 0.118. The molecular weight excluding hydrogens is 1570 g/mol. The lowest BCUT2D eigenvalue weighted by molar-refractivity contribution is 0.660. The van der Waals surface area contributed by atoms with Gasteiger partial charge < -0.3 is 0 Å². The molecule has 3 aliphatic rings. The van der Waals surface area contributed by atoms with Gasteiger partial charge in [-0.2, -0.15) is 0 Å². The number of hydrogen-bond donors (Lipinski definition) is 0. The van der Waals surface area contributed by atoms with Crippen molar-refractivity contribution in [3.63, 3.8) is 0 Å². The van der Waals surface area contributed by atoms with Crippen LogP contribution in [0.3, 0.4) is 0 Å². The lowest BCUT2D eigenvalue weighted by Crippen LogP contribution is -2.14. The summed E-state index contributed by atoms with van der Waals surface area (Å²) in [5.41, 5.74) is 31.7. The van der Waals surface area contributed by atoms with Crippen LogP contribution in [-0.2, 0) is 16.2 Å². The molecule has 3 heterocycles. The fourth-order valence-corrected chi connectivity index (χ4v) is 19.5. The Morgan fingerprint density at radius 2 is 0.380 bits per heavy atom. The predicted molar refractivity (Wildman–Crippen MR) is 530 cm³/mol. The number of nitrogens with zero attached hydrogens (tertiary/aromatic N) is 9. The number of hydrogen-bond acceptors (Lipinski definition) is 9. The molecule has 0 radical (unpaired) electrons. The molecule has 9 nitrogen and oxygen atoms in total. The second-order valence-corrected chi connectivity index (χ2v) is 35.1. The molecule has 0 spiro atoms. The molecule has 21 aromatic rings. The minimum Gasteiger partial charge on any atom is -0.208 e. The van der Waals surface area contributed by atoms with Crippen LogP contribution in [0.15, 0.2) is 419 Å². The van der Waals surface area contributed by atoms with Crippen LogP contribution in [0.25, 0.3) is 202 Å². The maximum atomic E-state index is 5.10. The van der Waals surface area contributed by atoms with Crippen LogP contribution in [0.5, 0.6) is 0 Å². The third-order valence-electron chi connectivity index (χ3n) is 26.2. The number of rotatable bonds is 12. The van der Waals surface area contributed by atoms with Gasteiger partial charge in [0.05, 0.1) is 0 Å². The summed E-state index contributed by atoms with van der Waals surface area (Å²) in [6.45, 7) is 13.9. The van der Waals surface area contributed by atoms with Crippen molar-refractivity contribution in [1.82, 2.24) is 44.9 Å². The molecule has 0 aliphatic heterocycles. The van der Waals surface area contributed by atoms with Crippen molar-refractivity contribution >= 4 is 32.3 Å². The summed E-state index contributed by atoms with van der Waals surface area (Å²) < 4.78 is 0. The molecular formula is C120H87N9. The first kappa shape index (κ1) is 78.7. The van der Waals surface area contributed by atoms with Crippen molar-refractivity contribution in [2.75, 3.05) is 0 Å². The normalized spacial score (nSPS) is 13.1. The van der Waals surface area contributed by atoms with E-state index in [0.717, 1.165) is 72.1 Å². The highest BCUT2D eigenvalue weighted by molar-refractivity contribution is 6.09. The molecule has 129 heavy (non-hydrogen) atoms. The van der Waals surface area contributed by atoms with Gasteiger partial charge >= 0.3 is 0 Å². The summed E-state index contributed by atoms with van der Waals surface area (Å²) >= 11 is 0. The highest BCUT2D eigenvalue weighted by Gasteiger charge is 2.39. The third kappa shape index (κ3) is 14.4. The van der Waals surface area contributed by atoms with Gasteiger partial charge in [0.25, 0.3) is 0 Å². The van der Waals surface area contributed by atoms with Crippen LogP contribution in [0.1, 0.15) is 74.9 Å². The maximum absolute atomic E-state index is 5.10. The smallest absolute Gasteiger partial charge is 0.164 e. The van der Waals surface area contributed by atoms with E-state index in [1.807, 2.05) is 97.1 Å². The number of fused-ring (bicyclic) bond motifs is 15. The SMILES string of the molecule is CC1(C)c2ccccc2-c2c1ccc1c(-c3nc(-c4ccccc4)nc(-c4ccc(-c5ccccc5)cc4)n3)cccc21.CC1(C)c2ccccc2-c2c1ccc1cc(-c3nc(-c4ccccc4)nc(-c4ccc(-c5ccccc5)cc4)n3)ccc21.CC1(C)c2ccccc2-c2c1ccc1ccc(-c3nc(-c4ccccc4)nc(-c4ccc(-c5ccccc5)cc4)n3)cc21. The van der Waals surface area contributed by atoms with E-state index < -0.39 is 0 Å². The van der Waals surface area contributed by atoms with Crippen LogP contribution in [-0.4, -0.2) is 44.9 Å². The zero-order valence-electron chi connectivity index (χ0n) is 72.4. The van der Waals surface area contributed by atoms with Gasteiger partial charge in [0.15, 0.2) is 52.4 Å². The summed E-state index contributed by atoms with van der Waals surface area (Å²) in [6.07, 6.45) is 0. The van der Waals surface area contributed by atoms with Crippen molar-refractivity contribution in [3.05, 3.63) is 452 Å². The second-order valence-electron chi connectivity index (χ2n) is 35.1. The summed E-state index contributed by atoms with van der Waals surface area (Å²) in [4.78, 5) is 45.1. The van der Waals surface area contributed by atoms with Crippen LogP contribution >= 0.6 is 0 Å². The van der Waals surface area contributed by atoms with Crippen molar-refractivity contribution in [1.29, 1.82) is 0 Å². The lowest BCUT2D eigenvalue weighted by Gasteiger charge is -2.21. The van der Waals surface area contributed by atoms with E-state index in [1.165, 1.54) is 110 Å². The fraction of sp³-hybridized carbons (Fsp3) is 0.0750. The van der Waals surface area contributed by atoms with Gasteiger partial charge in [-0.25, -0.2) is 44.9 Å². The summed E-state index contributed by atoms with van der Waals surface area (Å²) in [5.74, 6) is 5.98. The molecule has 0 saturated carbocycles. The Labute approximate surface area is 751 Å². The van der Waals surface area contributed by atoms with E-state index in [9.17, 15) is 0 Å². The topological polar surface area (TPSA) is 116 Å². The van der Waals surface area contributed by atoms with E-state index >= 15 is 0 Å². The molecule has 0 saturated heterocycles. The Balaban J connectivity index is 0.000000114. The molecule has 3 aliphatic carbocycles. The van der Waals surface area contributed by atoms with Crippen LogP contribution < -0.4 is 0 Å². The van der Waals surface area contributed by atoms with Crippen molar-refractivity contribution in [3.8, 4) is 169 Å². The van der Waals surface area contributed by atoms with Gasteiger partial charge in [-0.05, 0) is 145 Å². The average Bonchev–Trinajstić information content (AvgIpc) is 1.57. The third-order valence-corrected chi connectivity index (χ3v) is 26.2. The van der Waals surface area contributed by atoms with Crippen molar-refractivity contribution in [2.24, 2.45) is 0 Å². The van der Waals surface area contributed by atoms with E-state index in [0.29, 0.717) is 52.4 Å². The zero-order chi connectivity index (χ0) is 86.9. The predicted octanol–water partition coefficient (Wildman–Crippen LogP) is 30.0. The Morgan fingerprint density at radius 3 is 0.760 bits per heavy atom. The van der Waals surface area contributed by atoms with Crippen LogP contribution in [0, 0.1) is 0 Å². The molecule has 0 N–H and O–H groups in total. The van der Waals surface area contributed by atoms with Gasteiger partial charge in [-0.1, -0.05) is 448 Å². The highest BCUT2D eigenvalue weighted by atomic mass is 15.1. The van der Waals surface area contributed by atoms with Gasteiger partial charge in [0.1, 0.15) is 0 Å². The Bertz CT molecular complexity index is 7810. The van der Waals surface area contributed by atoms with E-state index in [4.69, 9.17) is 44.9 Å². The van der Waals surface area contributed by atoms with Gasteiger partial charge in [-0.3, -0.25) is 0 Å². The molecule has 18 aromatic carbocycles. The molecule has 0 fully saturated rings. The molecule has 9 heteroatoms. The van der Waals surface area contributed by atoms with Gasteiger partial charge in [-0.15, -0.1) is 0 Å². The van der Waals surface area contributed by atoms with Crippen LogP contribution in [0.2, 0.25) is 0 Å². The molecule has 612 valence electrons. The molecule has 0 atom stereocenters. The first-order valence-electron chi connectivity index (χ1n) is 44.1. The summed E-state index contributed by atoms with van der Waals surface area (Å²) in [7, 11) is 0. The minimum absolute atomic E-state index is 0.0253. The number of benzene rings is 18. The van der Waals surface area contributed by atoms with E-state index in [1.54, 1.807) is 0 Å². The molecule has 24 rings (SSSR count). The van der Waals surface area contributed by atoms with Crippen molar-refractivity contribution in [2.45, 2.75) is 57.8 Å². The number of aromatic nitrogens is 9. The standard InChI is InChI=1S/3C40H29N3/c1-40(2)34-19-10-9-16-33(34)36-31-17-11-18-32(30(31)24-25-35(36)40)39-42-37(28-14-7-4-8-15-28)41-38(43-39)29-22-20-27(21-23-29)26-12-5-3-6-13-26;1-40(2)34-16-10-9-15-32(34)36-33-25-31(22-19-28(33)23-24-35(36)40)39-42-37(29-13-7-4-8-14-29)41-38(43-39)30-20-17-27(18-21-30)26-11-5-3-6-12-26;1-40(2)34-16-10-9-15-33(34)36-32-23-21-31(25-30(32)22-24-35(36)40)39-42-37(28-13-7-4-8-14-28)41-38(43-39)29-19-17-27(18-20-29)26-11-5-3-6-12-26/h3*3-25H,1-2H3. The summed E-state index contributed by atoms with van der Waals surface area (Å²) in [6, 6.07) is 147. The Morgan fingerprint density at radius 1 is 0.140 bits per heavy atom. The summed E-state index contributed by atoms with van der Waals surface area (Å²) in [5, 5.41) is 7.24. The van der Waals surface area contributed by atoms with Crippen molar-refractivity contribution < 1.29 is 0 Å². The Hall–Kier alpha value is -16.2. The monoisotopic (exact) mass is 1650 g/mol. The first-order chi connectivity index (χ1) is 63.2. The molecule has 0 bridgehead atoms. The molecule has 0 unspecified atom stereocenters. The van der Waals surface area contributed by atoms with E-state index in [2.05, 4.69) is 363 Å². The van der Waals surface area contributed by atoms with E-state index in [-0.39, 0.29) is 16.2 Å². The Kier molecular flexibility index (Phi) is 19.8. The largest absolute Gasteiger partial charge is 0.208 e. The van der Waals surface area contributed by atoms with Crippen LogP contribution in [0.4, 0.5) is 0 Å². The van der Waals surface area contributed by atoms with Gasteiger partial charge in [0.2, 0.25) is 0 Å².